The Bertz CT molecular complexity index is 559. The molecule has 0 aliphatic carbocycles. The number of aromatic nitrogens is 1. The first kappa shape index (κ1) is 19.2. The van der Waals surface area contributed by atoms with Crippen molar-refractivity contribution in [2.45, 2.75) is 48.5 Å². The number of H-pyrrole nitrogens is 1. The minimum atomic E-state index is 0.500. The highest BCUT2D eigenvalue weighted by atomic mass is 14.7. The Hall–Kier alpha value is -1.76. The molecule has 2 rings (SSSR count). The summed E-state index contributed by atoms with van der Waals surface area (Å²) in [5.41, 5.74) is 3.97. The molecule has 0 amide bonds. The van der Waals surface area contributed by atoms with Crippen molar-refractivity contribution in [3.8, 4) is 0 Å². The van der Waals surface area contributed by atoms with E-state index >= 15 is 0 Å². The van der Waals surface area contributed by atoms with E-state index < -0.39 is 0 Å². The van der Waals surface area contributed by atoms with Crippen molar-refractivity contribution in [1.82, 2.24) is 4.98 Å². The van der Waals surface area contributed by atoms with Gasteiger partial charge >= 0.3 is 0 Å². The maximum Gasteiger partial charge on any atom is 0.0464 e. The van der Waals surface area contributed by atoms with E-state index in [2.05, 4.69) is 63.5 Å². The minimum absolute atomic E-state index is 0.500. The van der Waals surface area contributed by atoms with Crippen LogP contribution in [0.5, 0.6) is 0 Å². The van der Waals surface area contributed by atoms with Crippen molar-refractivity contribution < 1.29 is 0 Å². The number of hydrogen-bond donors (Lipinski definition) is 1. The molecule has 0 spiro atoms. The Kier molecular flexibility index (Phi) is 8.45. The van der Waals surface area contributed by atoms with Crippen LogP contribution in [0.15, 0.2) is 36.9 Å². The summed E-state index contributed by atoms with van der Waals surface area (Å²) in [6.45, 7) is 18.6. The van der Waals surface area contributed by atoms with Crippen molar-refractivity contribution in [3.63, 3.8) is 0 Å². The Balaban J connectivity index is 0.000000489. The fraction of sp³-hybridized carbons (Fsp3) is 0.400. The van der Waals surface area contributed by atoms with Crippen LogP contribution in [-0.4, -0.2) is 4.98 Å². The number of benzene rings is 1. The predicted octanol–water partition coefficient (Wildman–Crippen LogP) is 6.92. The van der Waals surface area contributed by atoms with Crippen molar-refractivity contribution >= 4 is 23.1 Å². The van der Waals surface area contributed by atoms with Crippen LogP contribution in [0.2, 0.25) is 0 Å². The van der Waals surface area contributed by atoms with Crippen LogP contribution in [0, 0.1) is 5.41 Å². The second-order valence-corrected chi connectivity index (χ2v) is 6.20. The third-order valence-corrected chi connectivity index (χ3v) is 2.31. The van der Waals surface area contributed by atoms with Gasteiger partial charge in [-0.3, -0.25) is 0 Å². The quantitative estimate of drug-likeness (QED) is 0.616. The number of hydrogen-bond acceptors (Lipinski definition) is 0. The molecule has 0 bridgehead atoms. The van der Waals surface area contributed by atoms with Gasteiger partial charge in [0.2, 0.25) is 0 Å². The van der Waals surface area contributed by atoms with Gasteiger partial charge in [0.15, 0.2) is 0 Å². The van der Waals surface area contributed by atoms with Crippen molar-refractivity contribution in [2.24, 2.45) is 5.41 Å². The third-order valence-electron chi connectivity index (χ3n) is 2.31. The van der Waals surface area contributed by atoms with Crippen LogP contribution in [0.25, 0.3) is 23.1 Å². The van der Waals surface area contributed by atoms with E-state index in [0.29, 0.717) is 5.41 Å². The first-order chi connectivity index (χ1) is 9.86. The Morgan fingerprint density at radius 1 is 1.05 bits per heavy atom. The second-order valence-electron chi connectivity index (χ2n) is 6.20. The second kappa shape index (κ2) is 9.23. The van der Waals surface area contributed by atoms with E-state index in [1.807, 2.05) is 39.0 Å². The van der Waals surface area contributed by atoms with E-state index in [0.717, 1.165) is 11.2 Å². The molecule has 1 aromatic carbocycles. The molecule has 1 nitrogen and oxygen atoms in total. The zero-order valence-electron chi connectivity index (χ0n) is 14.7. The van der Waals surface area contributed by atoms with Gasteiger partial charge in [-0.2, -0.15) is 0 Å². The molecule has 0 fully saturated rings. The summed E-state index contributed by atoms with van der Waals surface area (Å²) in [5, 5.41) is 1.25. The minimum Gasteiger partial charge on any atom is -0.355 e. The summed E-state index contributed by atoms with van der Waals surface area (Å²) in [7, 11) is 0. The molecular formula is C20H31N. The van der Waals surface area contributed by atoms with E-state index in [1.54, 1.807) is 0 Å². The molecule has 0 atom stereocenters. The summed E-state index contributed by atoms with van der Waals surface area (Å²) < 4.78 is 0. The normalized spacial score (nSPS) is 10.6. The molecule has 0 saturated carbocycles. The molecular weight excluding hydrogens is 254 g/mol. The SMILES string of the molecule is C=Cc1[nH]c2ccccc2c1/C=C\C.CC.CC(C)(C)C. The largest absolute Gasteiger partial charge is 0.355 e. The van der Waals surface area contributed by atoms with Gasteiger partial charge in [0.05, 0.1) is 0 Å². The number of para-hydroxylation sites is 1. The van der Waals surface area contributed by atoms with Crippen LogP contribution in [0.1, 0.15) is 59.7 Å². The number of allylic oxidation sites excluding steroid dienone is 1. The summed E-state index contributed by atoms with van der Waals surface area (Å²) in [4.78, 5) is 3.33. The molecule has 1 heterocycles. The van der Waals surface area contributed by atoms with Gasteiger partial charge in [-0.25, -0.2) is 0 Å². The molecule has 1 heteroatoms. The van der Waals surface area contributed by atoms with Crippen LogP contribution >= 0.6 is 0 Å². The van der Waals surface area contributed by atoms with Gasteiger partial charge in [0, 0.05) is 22.2 Å². The smallest absolute Gasteiger partial charge is 0.0464 e. The topological polar surface area (TPSA) is 15.8 Å². The third kappa shape index (κ3) is 6.99. The van der Waals surface area contributed by atoms with Gasteiger partial charge in [0.25, 0.3) is 0 Å². The van der Waals surface area contributed by atoms with E-state index in [1.165, 1.54) is 10.9 Å². The summed E-state index contributed by atoms with van der Waals surface area (Å²) in [5.74, 6) is 0. The van der Waals surface area contributed by atoms with Crippen LogP contribution in [0.4, 0.5) is 0 Å². The van der Waals surface area contributed by atoms with E-state index in [4.69, 9.17) is 0 Å². The Morgan fingerprint density at radius 2 is 1.57 bits per heavy atom. The lowest BCUT2D eigenvalue weighted by atomic mass is 10.0. The average Bonchev–Trinajstić information content (AvgIpc) is 2.78. The van der Waals surface area contributed by atoms with E-state index in [9.17, 15) is 0 Å². The van der Waals surface area contributed by atoms with Crippen molar-refractivity contribution in [2.75, 3.05) is 0 Å². The van der Waals surface area contributed by atoms with Gasteiger partial charge in [-0.1, -0.05) is 78.5 Å². The molecule has 21 heavy (non-hydrogen) atoms. The molecule has 116 valence electrons. The maximum atomic E-state index is 3.80. The highest BCUT2D eigenvalue weighted by Crippen LogP contribution is 2.24. The maximum absolute atomic E-state index is 3.80. The molecule has 0 unspecified atom stereocenters. The number of rotatable bonds is 2. The fourth-order valence-corrected chi connectivity index (χ4v) is 1.69. The molecule has 2 aromatic rings. The predicted molar refractivity (Wildman–Crippen MR) is 99.6 cm³/mol. The van der Waals surface area contributed by atoms with Gasteiger partial charge < -0.3 is 4.98 Å². The standard InChI is InChI=1S/C13H13N.C5H12.C2H6/c1-3-7-10-11-8-5-6-9-13(11)14-12(10)4-2;1-5(2,3)4;1-2/h3-9,14H,2H2,1H3;1-4H3;1-2H3/b7-3-;;. The van der Waals surface area contributed by atoms with Gasteiger partial charge in [0.1, 0.15) is 0 Å². The number of fused-ring (bicyclic) bond motifs is 1. The highest BCUT2D eigenvalue weighted by Gasteiger charge is 2.04. The molecule has 1 aromatic heterocycles. The fourth-order valence-electron chi connectivity index (χ4n) is 1.69. The van der Waals surface area contributed by atoms with Gasteiger partial charge in [-0.15, -0.1) is 0 Å². The molecule has 0 aliphatic rings. The highest BCUT2D eigenvalue weighted by molar-refractivity contribution is 5.92. The van der Waals surface area contributed by atoms with E-state index in [-0.39, 0.29) is 0 Å². The number of aromatic amines is 1. The van der Waals surface area contributed by atoms with Crippen molar-refractivity contribution in [1.29, 1.82) is 0 Å². The summed E-state index contributed by atoms with van der Waals surface area (Å²) in [6.07, 6.45) is 6.01. The summed E-state index contributed by atoms with van der Waals surface area (Å²) in [6, 6.07) is 8.28. The average molecular weight is 285 g/mol. The van der Waals surface area contributed by atoms with Crippen LogP contribution in [0.3, 0.4) is 0 Å². The molecule has 0 radical (unpaired) electrons. The Morgan fingerprint density at radius 3 is 2.05 bits per heavy atom. The Labute approximate surface area is 130 Å². The monoisotopic (exact) mass is 285 g/mol. The zero-order valence-corrected chi connectivity index (χ0v) is 14.7. The summed E-state index contributed by atoms with van der Waals surface area (Å²) >= 11 is 0. The van der Waals surface area contributed by atoms with Crippen LogP contribution < -0.4 is 0 Å². The van der Waals surface area contributed by atoms with Crippen LogP contribution in [-0.2, 0) is 0 Å². The zero-order chi connectivity index (χ0) is 16.5. The van der Waals surface area contributed by atoms with Crippen molar-refractivity contribution in [3.05, 3.63) is 48.2 Å². The van der Waals surface area contributed by atoms with Gasteiger partial charge in [-0.05, 0) is 24.5 Å². The first-order valence-corrected chi connectivity index (χ1v) is 7.72. The lowest BCUT2D eigenvalue weighted by molar-refractivity contribution is 0.469. The molecule has 0 aliphatic heterocycles. The lowest BCUT2D eigenvalue weighted by Gasteiger charge is -2.05. The lowest BCUT2D eigenvalue weighted by Crippen LogP contribution is -1.93. The first-order valence-electron chi connectivity index (χ1n) is 7.72. The number of nitrogens with one attached hydrogen (secondary N) is 1. The molecule has 1 N–H and O–H groups in total. The molecule has 0 saturated heterocycles.